The topological polar surface area (TPSA) is 32.3 Å². The van der Waals surface area contributed by atoms with Crippen LogP contribution in [-0.2, 0) is 0 Å². The molecule has 0 bridgehead atoms. The Morgan fingerprint density at radius 2 is 1.94 bits per heavy atom. The molecule has 0 aliphatic rings. The normalized spacial score (nSPS) is 12.9. The minimum Gasteiger partial charge on any atom is -0.508 e. The molecule has 1 atom stereocenters. The summed E-state index contributed by atoms with van der Waals surface area (Å²) >= 11 is 0. The fourth-order valence-corrected chi connectivity index (χ4v) is 1.91. The highest BCUT2D eigenvalue weighted by Crippen LogP contribution is 2.17. The van der Waals surface area contributed by atoms with Crippen molar-refractivity contribution in [1.82, 2.24) is 5.32 Å². The second-order valence-corrected chi connectivity index (χ2v) is 5.16. The first-order valence-electron chi connectivity index (χ1n) is 6.62. The zero-order valence-corrected chi connectivity index (χ0v) is 11.2. The molecule has 17 heavy (non-hydrogen) atoms. The fraction of sp³-hybridized carbons (Fsp3) is 0.600. The molecule has 1 rings (SSSR count). The zero-order valence-electron chi connectivity index (χ0n) is 11.2. The van der Waals surface area contributed by atoms with Gasteiger partial charge in [0.25, 0.3) is 0 Å². The third kappa shape index (κ3) is 5.73. The van der Waals surface area contributed by atoms with Crippen molar-refractivity contribution in [3.05, 3.63) is 29.8 Å². The molecule has 0 aliphatic carbocycles. The second-order valence-electron chi connectivity index (χ2n) is 5.16. The molecule has 1 aromatic carbocycles. The number of phenolic OH excluding ortho intramolecular Hbond substituents is 1. The molecule has 0 radical (unpaired) electrons. The summed E-state index contributed by atoms with van der Waals surface area (Å²) in [4.78, 5) is 0. The first kappa shape index (κ1) is 14.0. The minimum absolute atomic E-state index is 0.307. The monoisotopic (exact) mass is 235 g/mol. The van der Waals surface area contributed by atoms with Crippen molar-refractivity contribution in [3.8, 4) is 5.75 Å². The maximum Gasteiger partial charge on any atom is 0.115 e. The molecule has 2 N–H and O–H groups in total. The molecule has 2 heteroatoms. The molecule has 0 heterocycles. The van der Waals surface area contributed by atoms with E-state index < -0.39 is 0 Å². The number of hydrogen-bond donors (Lipinski definition) is 2. The van der Waals surface area contributed by atoms with Crippen LogP contribution in [0, 0.1) is 5.92 Å². The minimum atomic E-state index is 0.307. The van der Waals surface area contributed by atoms with Crippen molar-refractivity contribution in [2.45, 2.75) is 46.1 Å². The SMILES string of the molecule is CC(C)CCCCNC(C)c1cccc(O)c1. The van der Waals surface area contributed by atoms with E-state index in [-0.39, 0.29) is 0 Å². The summed E-state index contributed by atoms with van der Waals surface area (Å²) < 4.78 is 0. The lowest BCUT2D eigenvalue weighted by Gasteiger charge is -2.14. The van der Waals surface area contributed by atoms with Gasteiger partial charge in [0.2, 0.25) is 0 Å². The highest BCUT2D eigenvalue weighted by molar-refractivity contribution is 5.28. The van der Waals surface area contributed by atoms with E-state index >= 15 is 0 Å². The van der Waals surface area contributed by atoms with Gasteiger partial charge in [-0.2, -0.15) is 0 Å². The molecule has 96 valence electrons. The molecule has 1 aromatic rings. The van der Waals surface area contributed by atoms with E-state index in [4.69, 9.17) is 0 Å². The zero-order chi connectivity index (χ0) is 12.7. The van der Waals surface area contributed by atoms with Gasteiger partial charge in [0.05, 0.1) is 0 Å². The van der Waals surface area contributed by atoms with Crippen LogP contribution in [0.5, 0.6) is 5.75 Å². The van der Waals surface area contributed by atoms with E-state index in [1.165, 1.54) is 19.3 Å². The van der Waals surface area contributed by atoms with Crippen molar-refractivity contribution >= 4 is 0 Å². The van der Waals surface area contributed by atoms with Crippen LogP contribution in [0.1, 0.15) is 51.6 Å². The van der Waals surface area contributed by atoms with Crippen LogP contribution in [0.25, 0.3) is 0 Å². The maximum atomic E-state index is 9.40. The Kier molecular flexibility index (Phi) is 6.06. The summed E-state index contributed by atoms with van der Waals surface area (Å²) in [6.45, 7) is 7.71. The standard InChI is InChI=1S/C15H25NO/c1-12(2)7-4-5-10-16-13(3)14-8-6-9-15(17)11-14/h6,8-9,11-13,16-17H,4-5,7,10H2,1-3H3. The molecule has 0 aliphatic heterocycles. The lowest BCUT2D eigenvalue weighted by molar-refractivity contribution is 0.470. The molecule has 0 aromatic heterocycles. The van der Waals surface area contributed by atoms with Gasteiger partial charge in [0, 0.05) is 6.04 Å². The smallest absolute Gasteiger partial charge is 0.115 e. The average molecular weight is 235 g/mol. The number of hydrogen-bond acceptors (Lipinski definition) is 2. The van der Waals surface area contributed by atoms with Gasteiger partial charge >= 0.3 is 0 Å². The number of benzene rings is 1. The van der Waals surface area contributed by atoms with Crippen LogP contribution in [0.3, 0.4) is 0 Å². The Morgan fingerprint density at radius 3 is 2.59 bits per heavy atom. The van der Waals surface area contributed by atoms with Crippen LogP contribution in [0.4, 0.5) is 0 Å². The quantitative estimate of drug-likeness (QED) is 0.703. The number of rotatable bonds is 7. The molecular formula is C15H25NO. The molecule has 0 saturated heterocycles. The molecule has 0 amide bonds. The van der Waals surface area contributed by atoms with Gasteiger partial charge in [-0.3, -0.25) is 0 Å². The fourth-order valence-electron chi connectivity index (χ4n) is 1.91. The highest BCUT2D eigenvalue weighted by atomic mass is 16.3. The summed E-state index contributed by atoms with van der Waals surface area (Å²) in [6.07, 6.45) is 3.82. The number of nitrogens with one attached hydrogen (secondary N) is 1. The summed E-state index contributed by atoms with van der Waals surface area (Å²) in [7, 11) is 0. The van der Waals surface area contributed by atoms with Gasteiger partial charge < -0.3 is 10.4 Å². The first-order chi connectivity index (χ1) is 8.09. The average Bonchev–Trinajstić information content (AvgIpc) is 2.28. The van der Waals surface area contributed by atoms with Gasteiger partial charge in [-0.15, -0.1) is 0 Å². The van der Waals surface area contributed by atoms with Crippen LogP contribution in [0.15, 0.2) is 24.3 Å². The van der Waals surface area contributed by atoms with E-state index in [1.54, 1.807) is 6.07 Å². The summed E-state index contributed by atoms with van der Waals surface area (Å²) in [5.74, 6) is 1.15. The largest absolute Gasteiger partial charge is 0.508 e. The van der Waals surface area contributed by atoms with Crippen molar-refractivity contribution in [1.29, 1.82) is 0 Å². The second kappa shape index (κ2) is 7.33. The van der Waals surface area contributed by atoms with E-state index in [0.717, 1.165) is 18.0 Å². The summed E-state index contributed by atoms with van der Waals surface area (Å²) in [6, 6.07) is 7.78. The third-order valence-corrected chi connectivity index (χ3v) is 3.03. The van der Waals surface area contributed by atoms with Gasteiger partial charge in [-0.25, -0.2) is 0 Å². The third-order valence-electron chi connectivity index (χ3n) is 3.03. The Balaban J connectivity index is 2.23. The highest BCUT2D eigenvalue weighted by Gasteiger charge is 2.04. The summed E-state index contributed by atoms with van der Waals surface area (Å²) in [5.41, 5.74) is 1.15. The van der Waals surface area contributed by atoms with E-state index in [2.05, 4.69) is 26.1 Å². The van der Waals surface area contributed by atoms with E-state index in [0.29, 0.717) is 11.8 Å². The Morgan fingerprint density at radius 1 is 1.18 bits per heavy atom. The molecule has 0 fully saturated rings. The van der Waals surface area contributed by atoms with Crippen molar-refractivity contribution < 1.29 is 5.11 Å². The first-order valence-corrected chi connectivity index (χ1v) is 6.62. The van der Waals surface area contributed by atoms with Gasteiger partial charge in [-0.1, -0.05) is 38.8 Å². The molecule has 0 saturated carbocycles. The lowest BCUT2D eigenvalue weighted by Crippen LogP contribution is -2.19. The Bertz CT molecular complexity index is 322. The number of unbranched alkanes of at least 4 members (excludes halogenated alkanes) is 1. The van der Waals surface area contributed by atoms with E-state index in [9.17, 15) is 5.11 Å². The predicted molar refractivity (Wildman–Crippen MR) is 73.2 cm³/mol. The van der Waals surface area contributed by atoms with Crippen LogP contribution in [-0.4, -0.2) is 11.7 Å². The van der Waals surface area contributed by atoms with Crippen LogP contribution < -0.4 is 5.32 Å². The Labute approximate surface area is 105 Å². The Hall–Kier alpha value is -1.02. The molecule has 2 nitrogen and oxygen atoms in total. The number of phenols is 1. The molecule has 1 unspecified atom stereocenters. The van der Waals surface area contributed by atoms with Gasteiger partial charge in [0.15, 0.2) is 0 Å². The van der Waals surface area contributed by atoms with E-state index in [1.807, 2.05) is 18.2 Å². The van der Waals surface area contributed by atoms with Crippen molar-refractivity contribution in [2.24, 2.45) is 5.92 Å². The maximum absolute atomic E-state index is 9.40. The molecule has 0 spiro atoms. The van der Waals surface area contributed by atoms with Crippen molar-refractivity contribution in [3.63, 3.8) is 0 Å². The van der Waals surface area contributed by atoms with Crippen LogP contribution >= 0.6 is 0 Å². The van der Waals surface area contributed by atoms with Gasteiger partial charge in [-0.05, 0) is 43.5 Å². The van der Waals surface area contributed by atoms with Gasteiger partial charge in [0.1, 0.15) is 5.75 Å². The lowest BCUT2D eigenvalue weighted by atomic mass is 10.1. The number of aromatic hydroxyl groups is 1. The predicted octanol–water partition coefficient (Wildman–Crippen LogP) is 3.87. The van der Waals surface area contributed by atoms with Crippen molar-refractivity contribution in [2.75, 3.05) is 6.54 Å². The molecular weight excluding hydrogens is 210 g/mol. The summed E-state index contributed by atoms with van der Waals surface area (Å²) in [5, 5.41) is 12.9. The van der Waals surface area contributed by atoms with Crippen LogP contribution in [0.2, 0.25) is 0 Å².